The molecule has 0 radical (unpaired) electrons. The van der Waals surface area contributed by atoms with E-state index in [1.807, 2.05) is 27.7 Å². The lowest BCUT2D eigenvalue weighted by Gasteiger charge is -2.18. The summed E-state index contributed by atoms with van der Waals surface area (Å²) in [6.07, 6.45) is 1.78. The number of hydrogen-bond donors (Lipinski definition) is 1. The second-order valence-electron chi connectivity index (χ2n) is 9.26. The van der Waals surface area contributed by atoms with Gasteiger partial charge < -0.3 is 24.7 Å². The molecule has 0 heterocycles. The van der Waals surface area contributed by atoms with Gasteiger partial charge in [0.25, 0.3) is 0 Å². The van der Waals surface area contributed by atoms with Crippen LogP contribution in [0.1, 0.15) is 79.2 Å². The van der Waals surface area contributed by atoms with Crippen LogP contribution in [0.4, 0.5) is 0 Å². The van der Waals surface area contributed by atoms with E-state index in [-0.39, 0.29) is 61.6 Å². The molecular formula is C27H41NO8. The summed E-state index contributed by atoms with van der Waals surface area (Å²) in [7, 11) is 0. The first-order chi connectivity index (χ1) is 17.0. The molecule has 0 saturated carbocycles. The summed E-state index contributed by atoms with van der Waals surface area (Å²) in [5.74, 6) is -1.39. The molecule has 202 valence electrons. The molecular weight excluding hydrogens is 466 g/mol. The highest BCUT2D eigenvalue weighted by Gasteiger charge is 2.22. The Morgan fingerprint density at radius 1 is 0.833 bits per heavy atom. The molecule has 9 heteroatoms. The fourth-order valence-corrected chi connectivity index (χ4v) is 3.00. The van der Waals surface area contributed by atoms with E-state index in [2.05, 4.69) is 0 Å². The fourth-order valence-electron chi connectivity index (χ4n) is 3.00. The number of hydrogen-bond acceptors (Lipinski definition) is 9. The Balaban J connectivity index is 2.95. The summed E-state index contributed by atoms with van der Waals surface area (Å²) in [6.45, 7) is 11.1. The maximum absolute atomic E-state index is 12.4. The van der Waals surface area contributed by atoms with Crippen molar-refractivity contribution in [1.29, 1.82) is 0 Å². The Hall–Kier alpha value is -2.94. The number of ether oxygens (including phenoxy) is 4. The number of nitrogens with two attached hydrogens (primary N) is 1. The van der Waals surface area contributed by atoms with Gasteiger partial charge in [0, 0.05) is 19.3 Å². The van der Waals surface area contributed by atoms with Gasteiger partial charge in [0.15, 0.2) is 11.5 Å². The Morgan fingerprint density at radius 2 is 1.39 bits per heavy atom. The zero-order valence-corrected chi connectivity index (χ0v) is 22.3. The second-order valence-corrected chi connectivity index (χ2v) is 9.26. The quantitative estimate of drug-likeness (QED) is 0.275. The first-order valence-corrected chi connectivity index (χ1v) is 12.6. The molecule has 0 aromatic heterocycles. The van der Waals surface area contributed by atoms with Crippen LogP contribution in [0.3, 0.4) is 0 Å². The summed E-state index contributed by atoms with van der Waals surface area (Å²) < 4.78 is 21.3. The molecule has 1 rings (SSSR count). The van der Waals surface area contributed by atoms with Crippen LogP contribution in [-0.4, -0.2) is 42.6 Å². The molecule has 0 saturated heterocycles. The van der Waals surface area contributed by atoms with Gasteiger partial charge in [-0.05, 0) is 42.9 Å². The number of esters is 4. The molecule has 0 aliphatic carbocycles. The molecule has 0 spiro atoms. The number of rotatable bonds is 15. The molecule has 1 aromatic rings. The maximum Gasteiger partial charge on any atom is 0.323 e. The minimum Gasteiger partial charge on any atom is -0.462 e. The van der Waals surface area contributed by atoms with E-state index in [4.69, 9.17) is 24.7 Å². The van der Waals surface area contributed by atoms with E-state index in [1.165, 1.54) is 6.07 Å². The standard InChI is InChI=1S/C27H41NO8/c1-7-17(4)12-25(30)35-22-11-10-20(15-23(22)36-26(31)13-18(5)8-2)14-21(28)27(32)34-19(6)16-33-24(29)9-3/h10-11,15,17-19,21H,7-9,12-14,16,28H2,1-6H3/t17?,18?,19-,21-/m0/s1. The van der Waals surface area contributed by atoms with Gasteiger partial charge in [-0.15, -0.1) is 0 Å². The average Bonchev–Trinajstić information content (AvgIpc) is 2.83. The van der Waals surface area contributed by atoms with Crippen molar-refractivity contribution in [2.75, 3.05) is 6.61 Å². The molecule has 9 nitrogen and oxygen atoms in total. The Bertz CT molecular complexity index is 885. The van der Waals surface area contributed by atoms with Crippen molar-refractivity contribution in [3.63, 3.8) is 0 Å². The lowest BCUT2D eigenvalue weighted by Crippen LogP contribution is -2.37. The summed E-state index contributed by atoms with van der Waals surface area (Å²) in [6, 6.07) is 3.72. The molecule has 4 atom stereocenters. The van der Waals surface area contributed by atoms with Crippen LogP contribution in [0.2, 0.25) is 0 Å². The number of carbonyl (C=O) groups excluding carboxylic acids is 4. The summed E-state index contributed by atoms with van der Waals surface area (Å²) in [4.78, 5) is 48.4. The SMILES string of the molecule is CCC(=O)OC[C@H](C)OC(=O)[C@@H](N)Cc1ccc(OC(=O)CC(C)CC)c(OC(=O)CC(C)CC)c1. The van der Waals surface area contributed by atoms with Gasteiger partial charge >= 0.3 is 23.9 Å². The summed E-state index contributed by atoms with van der Waals surface area (Å²) in [5, 5.41) is 0. The van der Waals surface area contributed by atoms with E-state index >= 15 is 0 Å². The molecule has 2 N–H and O–H groups in total. The van der Waals surface area contributed by atoms with Crippen molar-refractivity contribution in [3.8, 4) is 11.5 Å². The first kappa shape index (κ1) is 31.1. The second kappa shape index (κ2) is 15.9. The lowest BCUT2D eigenvalue weighted by molar-refractivity contribution is -0.158. The van der Waals surface area contributed by atoms with Crippen molar-refractivity contribution in [2.45, 2.75) is 92.2 Å². The average molecular weight is 508 g/mol. The maximum atomic E-state index is 12.4. The normalized spacial score (nSPS) is 14.2. The first-order valence-electron chi connectivity index (χ1n) is 12.6. The Morgan fingerprint density at radius 3 is 1.92 bits per heavy atom. The van der Waals surface area contributed by atoms with E-state index < -0.39 is 30.1 Å². The molecule has 0 amide bonds. The van der Waals surface area contributed by atoms with Crippen LogP contribution in [-0.2, 0) is 35.1 Å². The van der Waals surface area contributed by atoms with Gasteiger partial charge in [-0.1, -0.05) is 53.5 Å². The van der Waals surface area contributed by atoms with E-state index in [0.29, 0.717) is 5.56 Å². The van der Waals surface area contributed by atoms with Gasteiger partial charge in [-0.3, -0.25) is 19.2 Å². The molecule has 1 aromatic carbocycles. The van der Waals surface area contributed by atoms with Gasteiger partial charge in [0.2, 0.25) is 0 Å². The molecule has 0 fully saturated rings. The van der Waals surface area contributed by atoms with Gasteiger partial charge in [0.05, 0.1) is 0 Å². The Kier molecular flexibility index (Phi) is 13.8. The number of benzene rings is 1. The van der Waals surface area contributed by atoms with Crippen LogP contribution in [0.25, 0.3) is 0 Å². The van der Waals surface area contributed by atoms with E-state index in [1.54, 1.807) is 26.0 Å². The predicted molar refractivity (Wildman–Crippen MR) is 134 cm³/mol. The summed E-state index contributed by atoms with van der Waals surface area (Å²) in [5.41, 5.74) is 6.62. The van der Waals surface area contributed by atoms with Crippen LogP contribution >= 0.6 is 0 Å². The molecule has 0 aliphatic heterocycles. The van der Waals surface area contributed by atoms with Gasteiger partial charge in [0.1, 0.15) is 18.8 Å². The molecule has 0 bridgehead atoms. The minimum absolute atomic E-state index is 0.0574. The van der Waals surface area contributed by atoms with Crippen LogP contribution in [0.5, 0.6) is 11.5 Å². The fraction of sp³-hybridized carbons (Fsp3) is 0.630. The van der Waals surface area contributed by atoms with E-state index in [0.717, 1.165) is 12.8 Å². The Labute approximate surface area is 214 Å². The lowest BCUT2D eigenvalue weighted by atomic mass is 10.0. The topological polar surface area (TPSA) is 131 Å². The predicted octanol–water partition coefficient (Wildman–Crippen LogP) is 4.12. The zero-order chi connectivity index (χ0) is 27.3. The molecule has 0 aliphatic rings. The van der Waals surface area contributed by atoms with Crippen molar-refractivity contribution in [3.05, 3.63) is 23.8 Å². The highest BCUT2D eigenvalue weighted by Crippen LogP contribution is 2.30. The largest absolute Gasteiger partial charge is 0.462 e. The highest BCUT2D eigenvalue weighted by atomic mass is 16.6. The third-order valence-electron chi connectivity index (χ3n) is 5.72. The zero-order valence-electron chi connectivity index (χ0n) is 22.3. The van der Waals surface area contributed by atoms with Crippen LogP contribution in [0, 0.1) is 11.8 Å². The van der Waals surface area contributed by atoms with Crippen LogP contribution in [0.15, 0.2) is 18.2 Å². The highest BCUT2D eigenvalue weighted by molar-refractivity contribution is 5.77. The van der Waals surface area contributed by atoms with Gasteiger partial charge in [-0.25, -0.2) is 0 Å². The third-order valence-corrected chi connectivity index (χ3v) is 5.72. The van der Waals surface area contributed by atoms with Crippen molar-refractivity contribution in [1.82, 2.24) is 0 Å². The van der Waals surface area contributed by atoms with Crippen molar-refractivity contribution < 1.29 is 38.1 Å². The minimum atomic E-state index is -1.00. The van der Waals surface area contributed by atoms with Gasteiger partial charge in [-0.2, -0.15) is 0 Å². The van der Waals surface area contributed by atoms with E-state index in [9.17, 15) is 19.2 Å². The van der Waals surface area contributed by atoms with Crippen molar-refractivity contribution in [2.24, 2.45) is 17.6 Å². The number of carbonyl (C=O) groups is 4. The van der Waals surface area contributed by atoms with Crippen molar-refractivity contribution >= 4 is 23.9 Å². The third kappa shape index (κ3) is 11.7. The molecule has 36 heavy (non-hydrogen) atoms. The van der Waals surface area contributed by atoms with Crippen LogP contribution < -0.4 is 15.2 Å². The smallest absolute Gasteiger partial charge is 0.323 e. The summed E-state index contributed by atoms with van der Waals surface area (Å²) >= 11 is 0. The molecule has 2 unspecified atom stereocenters. The monoisotopic (exact) mass is 507 g/mol.